The van der Waals surface area contributed by atoms with Crippen LogP contribution in [0, 0.1) is 0 Å². The van der Waals surface area contributed by atoms with Crippen molar-refractivity contribution < 1.29 is 22.8 Å². The first-order chi connectivity index (χ1) is 13.5. The van der Waals surface area contributed by atoms with E-state index in [1.807, 2.05) is 30.5 Å². The average Bonchev–Trinajstić information content (AvgIpc) is 2.67. The topological polar surface area (TPSA) is 116 Å². The summed E-state index contributed by atoms with van der Waals surface area (Å²) in [5.74, 6) is -1.47. The van der Waals surface area contributed by atoms with Crippen molar-refractivity contribution in [1.29, 1.82) is 0 Å². The second kappa shape index (κ2) is 9.14. The zero-order valence-electron chi connectivity index (χ0n) is 16.9. The van der Waals surface area contributed by atoms with Crippen LogP contribution in [0.4, 0.5) is 0 Å². The largest absolute Gasteiger partial charge is 0.350 e. The molecule has 1 aromatic carbocycles. The summed E-state index contributed by atoms with van der Waals surface area (Å²) in [6, 6.07) is 7.73. The van der Waals surface area contributed by atoms with Crippen LogP contribution in [0.15, 0.2) is 29.2 Å². The van der Waals surface area contributed by atoms with Crippen molar-refractivity contribution in [2.45, 2.75) is 23.9 Å². The lowest BCUT2D eigenvalue weighted by Gasteiger charge is -2.44. The molecule has 0 spiro atoms. The van der Waals surface area contributed by atoms with Crippen LogP contribution < -0.4 is 10.6 Å². The number of carbonyl (C=O) groups is 3. The van der Waals surface area contributed by atoms with E-state index in [2.05, 4.69) is 10.6 Å². The molecule has 1 aromatic rings. The van der Waals surface area contributed by atoms with Crippen LogP contribution in [-0.2, 0) is 31.0 Å². The Kier molecular flexibility index (Phi) is 7.30. The predicted octanol–water partition coefficient (Wildman–Crippen LogP) is -0.367. The molecule has 1 heterocycles. The second-order valence-electron chi connectivity index (χ2n) is 7.07. The van der Waals surface area contributed by atoms with Gasteiger partial charge in [0.05, 0.1) is 19.3 Å². The van der Waals surface area contributed by atoms with Crippen molar-refractivity contribution in [3.63, 3.8) is 0 Å². The Hall–Kier alpha value is -2.11. The number of sulfonamides is 1. The SMILES string of the molecule is CSc1ccc(CNC(=O)CNC(=O)[C@]2(C)CN(S(C)(=O)=O)CC(=O)N2C)cc1. The Bertz CT molecular complexity index is 888. The number of hydrogen-bond donors (Lipinski definition) is 2. The van der Waals surface area contributed by atoms with E-state index in [0.717, 1.165) is 21.0 Å². The van der Waals surface area contributed by atoms with E-state index < -0.39 is 27.4 Å². The maximum atomic E-state index is 12.7. The highest BCUT2D eigenvalue weighted by atomic mass is 32.2. The quantitative estimate of drug-likeness (QED) is 0.557. The summed E-state index contributed by atoms with van der Waals surface area (Å²) in [6.07, 6.45) is 2.97. The molecule has 9 nitrogen and oxygen atoms in total. The Morgan fingerprint density at radius 3 is 2.38 bits per heavy atom. The molecule has 1 atom stereocenters. The van der Waals surface area contributed by atoms with E-state index in [1.165, 1.54) is 18.9 Å². The van der Waals surface area contributed by atoms with Gasteiger partial charge in [-0.25, -0.2) is 8.42 Å². The molecular formula is C18H26N4O5S2. The van der Waals surface area contributed by atoms with E-state index in [1.54, 1.807) is 11.8 Å². The van der Waals surface area contributed by atoms with Crippen molar-refractivity contribution in [2.24, 2.45) is 0 Å². The first-order valence-electron chi connectivity index (χ1n) is 8.87. The molecule has 3 amide bonds. The molecule has 0 radical (unpaired) electrons. The number of nitrogens with zero attached hydrogens (tertiary/aromatic N) is 2. The third kappa shape index (κ3) is 5.71. The summed E-state index contributed by atoms with van der Waals surface area (Å²) in [6.45, 7) is 1.03. The number of hydrogen-bond acceptors (Lipinski definition) is 6. The van der Waals surface area contributed by atoms with Crippen LogP contribution in [0.5, 0.6) is 0 Å². The van der Waals surface area contributed by atoms with Gasteiger partial charge in [0.1, 0.15) is 5.54 Å². The number of benzene rings is 1. The van der Waals surface area contributed by atoms with Gasteiger partial charge in [0.25, 0.3) is 0 Å². The Morgan fingerprint density at radius 2 is 1.83 bits per heavy atom. The van der Waals surface area contributed by atoms with E-state index >= 15 is 0 Å². The summed E-state index contributed by atoms with van der Waals surface area (Å²) in [5, 5.41) is 5.21. The van der Waals surface area contributed by atoms with Gasteiger partial charge < -0.3 is 15.5 Å². The van der Waals surface area contributed by atoms with Crippen molar-refractivity contribution in [3.8, 4) is 0 Å². The van der Waals surface area contributed by atoms with Gasteiger partial charge >= 0.3 is 0 Å². The number of nitrogens with one attached hydrogen (secondary N) is 2. The van der Waals surface area contributed by atoms with E-state index in [0.29, 0.717) is 6.54 Å². The van der Waals surface area contributed by atoms with Crippen LogP contribution in [0.3, 0.4) is 0 Å². The lowest BCUT2D eigenvalue weighted by molar-refractivity contribution is -0.150. The van der Waals surface area contributed by atoms with Crippen LogP contribution in [0.2, 0.25) is 0 Å². The molecule has 2 rings (SSSR count). The molecule has 0 saturated carbocycles. The lowest BCUT2D eigenvalue weighted by Crippen LogP contribution is -2.68. The first kappa shape index (κ1) is 23.2. The standard InChI is InChI=1S/C18H26N4O5S2/c1-18(12-22(29(4,26)27)11-16(24)21(18)2)17(25)20-10-15(23)19-9-13-5-7-14(28-3)8-6-13/h5-8H,9-12H2,1-4H3,(H,19,23)(H,20,25)/t18-/m0/s1. The minimum atomic E-state index is -3.64. The number of likely N-dealkylation sites (N-methyl/N-ethyl adjacent to an activating group) is 1. The second-order valence-corrected chi connectivity index (χ2v) is 9.93. The molecule has 0 unspecified atom stereocenters. The van der Waals surface area contributed by atoms with E-state index in [4.69, 9.17) is 0 Å². The number of carbonyl (C=O) groups excluding carboxylic acids is 3. The van der Waals surface area contributed by atoms with Crippen LogP contribution in [0.1, 0.15) is 12.5 Å². The number of rotatable bonds is 7. The summed E-state index contributed by atoms with van der Waals surface area (Å²) >= 11 is 1.62. The molecule has 0 aromatic heterocycles. The van der Waals surface area contributed by atoms with Gasteiger partial charge in [0, 0.05) is 25.0 Å². The molecule has 1 aliphatic heterocycles. The predicted molar refractivity (Wildman–Crippen MR) is 111 cm³/mol. The van der Waals surface area contributed by atoms with Gasteiger partial charge in [0.2, 0.25) is 27.7 Å². The van der Waals surface area contributed by atoms with Crippen molar-refractivity contribution >= 4 is 39.5 Å². The third-order valence-corrected chi connectivity index (χ3v) is 6.87. The monoisotopic (exact) mass is 442 g/mol. The molecule has 2 N–H and O–H groups in total. The van der Waals surface area contributed by atoms with Crippen LogP contribution in [-0.4, -0.2) is 80.1 Å². The smallest absolute Gasteiger partial charge is 0.247 e. The fraction of sp³-hybridized carbons (Fsp3) is 0.500. The van der Waals surface area contributed by atoms with Gasteiger partial charge in [-0.1, -0.05) is 12.1 Å². The Balaban J connectivity index is 1.93. The van der Waals surface area contributed by atoms with Gasteiger partial charge in [-0.3, -0.25) is 14.4 Å². The summed E-state index contributed by atoms with van der Waals surface area (Å²) in [4.78, 5) is 39.3. The minimum absolute atomic E-state index is 0.177. The average molecular weight is 443 g/mol. The highest BCUT2D eigenvalue weighted by Crippen LogP contribution is 2.22. The maximum absolute atomic E-state index is 12.7. The minimum Gasteiger partial charge on any atom is -0.350 e. The highest BCUT2D eigenvalue weighted by Gasteiger charge is 2.47. The molecule has 1 fully saturated rings. The first-order valence-corrected chi connectivity index (χ1v) is 11.9. The molecule has 0 bridgehead atoms. The zero-order valence-corrected chi connectivity index (χ0v) is 18.5. The number of amides is 3. The molecule has 1 saturated heterocycles. The zero-order chi connectivity index (χ0) is 21.8. The van der Waals surface area contributed by atoms with Crippen LogP contribution in [0.25, 0.3) is 0 Å². The molecule has 29 heavy (non-hydrogen) atoms. The maximum Gasteiger partial charge on any atom is 0.247 e. The highest BCUT2D eigenvalue weighted by molar-refractivity contribution is 7.98. The summed E-state index contributed by atoms with van der Waals surface area (Å²) < 4.78 is 24.6. The van der Waals surface area contributed by atoms with Crippen molar-refractivity contribution in [2.75, 3.05) is 39.2 Å². The van der Waals surface area contributed by atoms with Crippen molar-refractivity contribution in [1.82, 2.24) is 19.8 Å². The molecule has 1 aliphatic rings. The fourth-order valence-corrected chi connectivity index (χ4v) is 4.09. The molecule has 11 heteroatoms. The molecular weight excluding hydrogens is 416 g/mol. The van der Waals surface area contributed by atoms with E-state index in [9.17, 15) is 22.8 Å². The summed E-state index contributed by atoms with van der Waals surface area (Å²) in [5.41, 5.74) is -0.484. The summed E-state index contributed by atoms with van der Waals surface area (Å²) in [7, 11) is -2.19. The Labute approximate surface area is 175 Å². The third-order valence-electron chi connectivity index (χ3n) is 4.93. The fourth-order valence-electron chi connectivity index (χ4n) is 2.85. The van der Waals surface area contributed by atoms with Crippen LogP contribution >= 0.6 is 11.8 Å². The molecule has 160 valence electrons. The molecule has 0 aliphatic carbocycles. The van der Waals surface area contributed by atoms with Gasteiger partial charge in [-0.2, -0.15) is 4.31 Å². The normalized spacial score (nSPS) is 20.4. The van der Waals surface area contributed by atoms with Gasteiger partial charge in [-0.05, 0) is 30.9 Å². The van der Waals surface area contributed by atoms with Crippen molar-refractivity contribution in [3.05, 3.63) is 29.8 Å². The van der Waals surface area contributed by atoms with E-state index in [-0.39, 0.29) is 25.5 Å². The number of thioether (sulfide) groups is 1. The Morgan fingerprint density at radius 1 is 1.21 bits per heavy atom. The number of piperazine rings is 1. The van der Waals surface area contributed by atoms with Gasteiger partial charge in [-0.15, -0.1) is 11.8 Å². The van der Waals surface area contributed by atoms with Gasteiger partial charge in [0.15, 0.2) is 0 Å². The lowest BCUT2D eigenvalue weighted by atomic mass is 9.96.